The topological polar surface area (TPSA) is 81.7 Å². The van der Waals surface area contributed by atoms with Gasteiger partial charge >= 0.3 is 0 Å². The Kier molecular flexibility index (Phi) is 3.93. The van der Waals surface area contributed by atoms with Gasteiger partial charge in [-0.25, -0.2) is 14.6 Å². The fourth-order valence-corrected chi connectivity index (χ4v) is 3.12. The van der Waals surface area contributed by atoms with E-state index < -0.39 is 0 Å². The zero-order valence-electron chi connectivity index (χ0n) is 14.2. The first-order valence-electron chi connectivity index (χ1n) is 7.93. The van der Waals surface area contributed by atoms with E-state index >= 15 is 0 Å². The molecule has 1 aliphatic rings. The third-order valence-corrected chi connectivity index (χ3v) is 4.34. The third kappa shape index (κ3) is 2.74. The highest BCUT2D eigenvalue weighted by atomic mass is 15.4. The fraction of sp³-hybridized carbons (Fsp3) is 0.471. The number of nitrogens with zero attached hydrogens (tertiary/aromatic N) is 4. The summed E-state index contributed by atoms with van der Waals surface area (Å²) in [5.41, 5.74) is 8.99. The summed E-state index contributed by atoms with van der Waals surface area (Å²) in [6.07, 6.45) is 9.00. The molecule has 1 atom stereocenters. The quantitative estimate of drug-likeness (QED) is 0.905. The van der Waals surface area contributed by atoms with Crippen molar-refractivity contribution in [3.63, 3.8) is 0 Å². The predicted octanol–water partition coefficient (Wildman–Crippen LogP) is 2.35. The van der Waals surface area contributed by atoms with Crippen molar-refractivity contribution in [1.82, 2.24) is 25.1 Å². The lowest BCUT2D eigenvalue weighted by Gasteiger charge is -2.25. The van der Waals surface area contributed by atoms with E-state index in [2.05, 4.69) is 54.3 Å². The molecule has 2 aromatic rings. The fourth-order valence-electron chi connectivity index (χ4n) is 3.12. The number of nitrogens with one attached hydrogen (secondary N) is 1. The van der Waals surface area contributed by atoms with Gasteiger partial charge in [0.25, 0.3) is 0 Å². The minimum Gasteiger partial charge on any atom is -0.383 e. The molecule has 0 saturated carbocycles. The molecule has 0 aliphatic heterocycles. The zero-order valence-corrected chi connectivity index (χ0v) is 14.2. The summed E-state index contributed by atoms with van der Waals surface area (Å²) >= 11 is 0. The van der Waals surface area contributed by atoms with Crippen LogP contribution in [0.25, 0.3) is 11.0 Å². The van der Waals surface area contributed by atoms with E-state index in [1.54, 1.807) is 0 Å². The van der Waals surface area contributed by atoms with Crippen molar-refractivity contribution in [1.29, 1.82) is 0 Å². The smallest absolute Gasteiger partial charge is 0.164 e. The van der Waals surface area contributed by atoms with Crippen LogP contribution in [-0.2, 0) is 5.54 Å². The first-order chi connectivity index (χ1) is 10.9. The van der Waals surface area contributed by atoms with Crippen LogP contribution in [-0.4, -0.2) is 33.3 Å². The number of nitrogens with two attached hydrogens (primary N) is 1. The minimum absolute atomic E-state index is 0.209. The van der Waals surface area contributed by atoms with Crippen LogP contribution in [0.2, 0.25) is 0 Å². The van der Waals surface area contributed by atoms with E-state index in [9.17, 15) is 0 Å². The molecule has 6 heteroatoms. The number of nitrogen functional groups attached to an aromatic ring is 1. The SMILES string of the molecule is CNCC(C)(C)n1nc(C2C=CC(C)=CC2)c2c(N)ncnc21. The second kappa shape index (κ2) is 5.77. The second-order valence-corrected chi connectivity index (χ2v) is 6.75. The van der Waals surface area contributed by atoms with Crippen molar-refractivity contribution in [3.05, 3.63) is 35.8 Å². The molecule has 6 nitrogen and oxygen atoms in total. The summed E-state index contributed by atoms with van der Waals surface area (Å²) in [4.78, 5) is 8.64. The van der Waals surface area contributed by atoms with Crippen molar-refractivity contribution in [3.8, 4) is 0 Å². The molecule has 122 valence electrons. The van der Waals surface area contributed by atoms with Gasteiger partial charge in [-0.1, -0.05) is 23.8 Å². The molecular weight excluding hydrogens is 288 g/mol. The normalized spacial score (nSPS) is 18.4. The maximum absolute atomic E-state index is 6.16. The standard InChI is InChI=1S/C17H24N6/c1-11-5-7-12(8-6-11)14-13-15(18)20-10-21-16(13)23(22-14)17(2,3)9-19-4/h5-7,10,12,19H,8-9H2,1-4H3,(H2,18,20,21). The first kappa shape index (κ1) is 15.7. The van der Waals surface area contributed by atoms with E-state index in [-0.39, 0.29) is 11.5 Å². The van der Waals surface area contributed by atoms with Gasteiger partial charge in [-0.2, -0.15) is 5.10 Å². The number of allylic oxidation sites excluding steroid dienone is 4. The van der Waals surface area contributed by atoms with Crippen LogP contribution in [0.3, 0.4) is 0 Å². The Morgan fingerprint density at radius 2 is 2.17 bits per heavy atom. The van der Waals surface area contributed by atoms with Gasteiger partial charge in [-0.3, -0.25) is 0 Å². The van der Waals surface area contributed by atoms with Crippen LogP contribution in [0, 0.1) is 0 Å². The van der Waals surface area contributed by atoms with Crippen molar-refractivity contribution in [2.45, 2.75) is 38.6 Å². The highest BCUT2D eigenvalue weighted by molar-refractivity contribution is 5.89. The molecule has 3 N–H and O–H groups in total. The molecule has 0 aromatic carbocycles. The van der Waals surface area contributed by atoms with E-state index in [1.165, 1.54) is 11.9 Å². The maximum atomic E-state index is 6.16. The Balaban J connectivity index is 2.18. The Hall–Kier alpha value is -2.21. The van der Waals surface area contributed by atoms with Gasteiger partial charge in [0.15, 0.2) is 5.65 Å². The van der Waals surface area contributed by atoms with Gasteiger partial charge in [-0.15, -0.1) is 0 Å². The lowest BCUT2D eigenvalue weighted by Crippen LogP contribution is -2.37. The molecule has 23 heavy (non-hydrogen) atoms. The number of likely N-dealkylation sites (N-methyl/N-ethyl adjacent to an activating group) is 1. The van der Waals surface area contributed by atoms with Gasteiger partial charge in [0.05, 0.1) is 16.6 Å². The molecule has 3 rings (SSSR count). The van der Waals surface area contributed by atoms with Crippen molar-refractivity contribution in [2.75, 3.05) is 19.3 Å². The van der Waals surface area contributed by atoms with Crippen molar-refractivity contribution >= 4 is 16.9 Å². The average Bonchev–Trinajstić information content (AvgIpc) is 2.90. The van der Waals surface area contributed by atoms with Crippen LogP contribution in [0.15, 0.2) is 30.1 Å². The van der Waals surface area contributed by atoms with Crippen LogP contribution < -0.4 is 11.1 Å². The first-order valence-corrected chi connectivity index (χ1v) is 7.93. The molecule has 1 unspecified atom stereocenters. The van der Waals surface area contributed by atoms with Gasteiger partial charge < -0.3 is 11.1 Å². The summed E-state index contributed by atoms with van der Waals surface area (Å²) < 4.78 is 1.98. The number of hydrogen-bond donors (Lipinski definition) is 2. The van der Waals surface area contributed by atoms with E-state index in [4.69, 9.17) is 10.8 Å². The predicted molar refractivity (Wildman–Crippen MR) is 93.2 cm³/mol. The largest absolute Gasteiger partial charge is 0.383 e. The second-order valence-electron chi connectivity index (χ2n) is 6.75. The van der Waals surface area contributed by atoms with Gasteiger partial charge in [-0.05, 0) is 34.2 Å². The maximum Gasteiger partial charge on any atom is 0.164 e. The molecule has 0 bridgehead atoms. The minimum atomic E-state index is -0.212. The molecule has 0 spiro atoms. The molecular formula is C17H24N6. The van der Waals surface area contributed by atoms with Gasteiger partial charge in [0.2, 0.25) is 0 Å². The van der Waals surface area contributed by atoms with Gasteiger partial charge in [0.1, 0.15) is 12.1 Å². The summed E-state index contributed by atoms with van der Waals surface area (Å²) in [5.74, 6) is 0.706. The molecule has 2 heterocycles. The van der Waals surface area contributed by atoms with E-state index in [0.717, 1.165) is 29.7 Å². The Morgan fingerprint density at radius 1 is 1.39 bits per heavy atom. The van der Waals surface area contributed by atoms with Gasteiger partial charge in [0, 0.05) is 12.5 Å². The molecule has 2 aromatic heterocycles. The Labute approximate surface area is 136 Å². The third-order valence-electron chi connectivity index (χ3n) is 4.34. The summed E-state index contributed by atoms with van der Waals surface area (Å²) in [7, 11) is 1.94. The lowest BCUT2D eigenvalue weighted by atomic mass is 9.93. The number of aromatic nitrogens is 4. The summed E-state index contributed by atoms with van der Waals surface area (Å²) in [6.45, 7) is 7.17. The molecule has 0 radical (unpaired) electrons. The summed E-state index contributed by atoms with van der Waals surface area (Å²) in [6, 6.07) is 0. The lowest BCUT2D eigenvalue weighted by molar-refractivity contribution is 0.316. The Bertz CT molecular complexity index is 784. The molecule has 0 saturated heterocycles. The van der Waals surface area contributed by atoms with E-state index in [0.29, 0.717) is 5.82 Å². The van der Waals surface area contributed by atoms with Crippen molar-refractivity contribution in [2.24, 2.45) is 0 Å². The zero-order chi connectivity index (χ0) is 16.6. The molecule has 0 fully saturated rings. The van der Waals surface area contributed by atoms with Crippen molar-refractivity contribution < 1.29 is 0 Å². The number of anilines is 1. The number of hydrogen-bond acceptors (Lipinski definition) is 5. The van der Waals surface area contributed by atoms with E-state index in [1.807, 2.05) is 11.7 Å². The van der Waals surface area contributed by atoms with Crippen LogP contribution in [0.5, 0.6) is 0 Å². The monoisotopic (exact) mass is 312 g/mol. The highest BCUT2D eigenvalue weighted by Gasteiger charge is 2.28. The average molecular weight is 312 g/mol. The highest BCUT2D eigenvalue weighted by Crippen LogP contribution is 2.34. The van der Waals surface area contributed by atoms with Crippen LogP contribution >= 0.6 is 0 Å². The van der Waals surface area contributed by atoms with Crippen LogP contribution in [0.4, 0.5) is 5.82 Å². The Morgan fingerprint density at radius 3 is 2.83 bits per heavy atom. The van der Waals surface area contributed by atoms with Crippen LogP contribution in [0.1, 0.15) is 38.8 Å². The molecule has 1 aliphatic carbocycles. The number of rotatable bonds is 4. The number of fused-ring (bicyclic) bond motifs is 1. The summed E-state index contributed by atoms with van der Waals surface area (Å²) in [5, 5.41) is 9.00. The molecule has 0 amide bonds.